The first kappa shape index (κ1) is 12.6. The van der Waals surface area contributed by atoms with Crippen molar-refractivity contribution in [2.24, 2.45) is 5.73 Å². The van der Waals surface area contributed by atoms with Gasteiger partial charge in [0.2, 0.25) is 5.91 Å². The van der Waals surface area contributed by atoms with E-state index < -0.39 is 5.91 Å². The van der Waals surface area contributed by atoms with Gasteiger partial charge in [-0.1, -0.05) is 24.3 Å². The van der Waals surface area contributed by atoms with Crippen molar-refractivity contribution in [2.75, 3.05) is 13.7 Å². The summed E-state index contributed by atoms with van der Waals surface area (Å²) in [5, 5.41) is 0. The number of benzene rings is 1. The van der Waals surface area contributed by atoms with Crippen molar-refractivity contribution in [2.45, 2.75) is 13.2 Å². The Balaban J connectivity index is 2.29. The zero-order valence-corrected chi connectivity index (χ0v) is 9.23. The second kappa shape index (κ2) is 6.95. The smallest absolute Gasteiger partial charge is 0.245 e. The monoisotopic (exact) mass is 224 g/mol. The number of nitrogens with two attached hydrogens (primary N) is 1. The average Bonchev–Trinajstić information content (AvgIpc) is 2.27. The van der Waals surface area contributed by atoms with Crippen molar-refractivity contribution in [1.29, 1.82) is 0 Å². The van der Waals surface area contributed by atoms with E-state index in [2.05, 4.69) is 5.48 Å². The molecule has 0 radical (unpaired) electrons. The number of carbonyl (C=O) groups is 1. The molecular formula is C11H16N2O3. The standard InChI is InChI=1S/C11H16N2O3/c1-15-7-10-4-2-9(3-5-10)6-13-16-8-11(12)14/h2-5,13H,6-8H2,1H3,(H2,12,14). The van der Waals surface area contributed by atoms with Crippen LogP contribution in [0.5, 0.6) is 0 Å². The molecule has 0 fully saturated rings. The van der Waals surface area contributed by atoms with Gasteiger partial charge < -0.3 is 10.5 Å². The van der Waals surface area contributed by atoms with E-state index in [1.54, 1.807) is 7.11 Å². The average molecular weight is 224 g/mol. The molecule has 0 unspecified atom stereocenters. The maximum atomic E-state index is 10.4. The maximum absolute atomic E-state index is 10.4. The maximum Gasteiger partial charge on any atom is 0.245 e. The van der Waals surface area contributed by atoms with Gasteiger partial charge in [-0.15, -0.1) is 0 Å². The van der Waals surface area contributed by atoms with Crippen molar-refractivity contribution in [3.63, 3.8) is 0 Å². The zero-order valence-electron chi connectivity index (χ0n) is 9.23. The summed E-state index contributed by atoms with van der Waals surface area (Å²) >= 11 is 0. The second-order valence-electron chi connectivity index (χ2n) is 3.33. The van der Waals surface area contributed by atoms with Gasteiger partial charge in [0.1, 0.15) is 6.61 Å². The molecule has 0 heterocycles. The van der Waals surface area contributed by atoms with Gasteiger partial charge in [0.05, 0.1) is 6.61 Å². The number of hydroxylamine groups is 1. The fourth-order valence-electron chi connectivity index (χ4n) is 1.18. The molecule has 0 saturated carbocycles. The van der Waals surface area contributed by atoms with Crippen molar-refractivity contribution < 1.29 is 14.4 Å². The molecule has 1 aromatic carbocycles. The highest BCUT2D eigenvalue weighted by Gasteiger charge is 1.96. The van der Waals surface area contributed by atoms with Crippen LogP contribution < -0.4 is 11.2 Å². The molecule has 1 rings (SSSR count). The molecule has 16 heavy (non-hydrogen) atoms. The van der Waals surface area contributed by atoms with Crippen LogP contribution in [-0.2, 0) is 27.5 Å². The predicted molar refractivity (Wildman–Crippen MR) is 59.1 cm³/mol. The van der Waals surface area contributed by atoms with Crippen LogP contribution in [-0.4, -0.2) is 19.6 Å². The lowest BCUT2D eigenvalue weighted by molar-refractivity contribution is -0.125. The molecule has 5 heteroatoms. The number of ether oxygens (including phenoxy) is 1. The fourth-order valence-corrected chi connectivity index (χ4v) is 1.18. The van der Waals surface area contributed by atoms with Crippen LogP contribution in [0.2, 0.25) is 0 Å². The van der Waals surface area contributed by atoms with Crippen LogP contribution in [0.15, 0.2) is 24.3 Å². The van der Waals surface area contributed by atoms with Crippen LogP contribution >= 0.6 is 0 Å². The Bertz CT molecular complexity index is 325. The van der Waals surface area contributed by atoms with E-state index in [0.29, 0.717) is 13.2 Å². The lowest BCUT2D eigenvalue weighted by Gasteiger charge is -2.05. The fraction of sp³-hybridized carbons (Fsp3) is 0.364. The van der Waals surface area contributed by atoms with Gasteiger partial charge in [0.25, 0.3) is 0 Å². The summed E-state index contributed by atoms with van der Waals surface area (Å²) in [5.74, 6) is -0.497. The van der Waals surface area contributed by atoms with Crippen molar-refractivity contribution >= 4 is 5.91 Å². The topological polar surface area (TPSA) is 73.6 Å². The normalized spacial score (nSPS) is 10.3. The third kappa shape index (κ3) is 4.88. The molecule has 0 aliphatic carbocycles. The minimum Gasteiger partial charge on any atom is -0.380 e. The molecular weight excluding hydrogens is 208 g/mol. The highest BCUT2D eigenvalue weighted by atomic mass is 16.6. The number of hydrogen-bond donors (Lipinski definition) is 2. The Kier molecular flexibility index (Phi) is 5.49. The summed E-state index contributed by atoms with van der Waals surface area (Å²) in [5.41, 5.74) is 9.73. The minimum absolute atomic E-state index is 0.123. The summed E-state index contributed by atoms with van der Waals surface area (Å²) in [4.78, 5) is 15.2. The molecule has 0 spiro atoms. The summed E-state index contributed by atoms with van der Waals surface area (Å²) in [6.07, 6.45) is 0. The number of nitrogens with one attached hydrogen (secondary N) is 1. The van der Waals surface area contributed by atoms with Crippen LogP contribution in [0.1, 0.15) is 11.1 Å². The molecule has 3 N–H and O–H groups in total. The summed E-state index contributed by atoms with van der Waals surface area (Å²) in [7, 11) is 1.66. The van der Waals surface area contributed by atoms with Gasteiger partial charge in [0.15, 0.2) is 0 Å². The van der Waals surface area contributed by atoms with Gasteiger partial charge in [-0.2, -0.15) is 5.48 Å². The SMILES string of the molecule is COCc1ccc(CNOCC(N)=O)cc1. The molecule has 88 valence electrons. The largest absolute Gasteiger partial charge is 0.380 e. The highest BCUT2D eigenvalue weighted by Crippen LogP contribution is 2.05. The van der Waals surface area contributed by atoms with E-state index >= 15 is 0 Å². The van der Waals surface area contributed by atoms with Gasteiger partial charge in [0, 0.05) is 13.7 Å². The zero-order chi connectivity index (χ0) is 11.8. The molecule has 0 saturated heterocycles. The van der Waals surface area contributed by atoms with E-state index in [0.717, 1.165) is 11.1 Å². The van der Waals surface area contributed by atoms with Crippen LogP contribution in [0.3, 0.4) is 0 Å². The number of carbonyl (C=O) groups excluding carboxylic acids is 1. The third-order valence-electron chi connectivity index (χ3n) is 1.93. The number of primary amides is 1. The Labute approximate surface area is 94.5 Å². The Hall–Kier alpha value is -1.43. The quantitative estimate of drug-likeness (QED) is 0.517. The van der Waals surface area contributed by atoms with Crippen LogP contribution in [0, 0.1) is 0 Å². The highest BCUT2D eigenvalue weighted by molar-refractivity contribution is 5.74. The molecule has 0 aromatic heterocycles. The van der Waals surface area contributed by atoms with Gasteiger partial charge in [-0.05, 0) is 11.1 Å². The molecule has 1 aromatic rings. The Morgan fingerprint density at radius 2 is 1.94 bits per heavy atom. The number of rotatable bonds is 7. The molecule has 0 atom stereocenters. The van der Waals surface area contributed by atoms with Crippen LogP contribution in [0.4, 0.5) is 0 Å². The summed E-state index contributed by atoms with van der Waals surface area (Å²) < 4.78 is 5.00. The summed E-state index contributed by atoms with van der Waals surface area (Å²) in [6.45, 7) is 1.01. The number of hydrogen-bond acceptors (Lipinski definition) is 4. The molecule has 5 nitrogen and oxygen atoms in total. The van der Waals surface area contributed by atoms with E-state index in [-0.39, 0.29) is 6.61 Å². The van der Waals surface area contributed by atoms with Crippen molar-refractivity contribution in [3.8, 4) is 0 Å². The first-order valence-electron chi connectivity index (χ1n) is 4.92. The molecule has 0 aliphatic heterocycles. The van der Waals surface area contributed by atoms with Crippen molar-refractivity contribution in [1.82, 2.24) is 5.48 Å². The van der Waals surface area contributed by atoms with Crippen molar-refractivity contribution in [3.05, 3.63) is 35.4 Å². The first-order chi connectivity index (χ1) is 7.72. The lowest BCUT2D eigenvalue weighted by Crippen LogP contribution is -2.24. The molecule has 0 bridgehead atoms. The number of methoxy groups -OCH3 is 1. The van der Waals surface area contributed by atoms with E-state index in [4.69, 9.17) is 15.3 Å². The number of amides is 1. The Morgan fingerprint density at radius 3 is 2.50 bits per heavy atom. The first-order valence-corrected chi connectivity index (χ1v) is 4.92. The molecule has 1 amide bonds. The molecule has 0 aliphatic rings. The second-order valence-corrected chi connectivity index (χ2v) is 3.33. The van der Waals surface area contributed by atoms with Gasteiger partial charge in [-0.3, -0.25) is 9.63 Å². The van der Waals surface area contributed by atoms with Gasteiger partial charge >= 0.3 is 0 Å². The predicted octanol–water partition coefficient (Wildman–Crippen LogP) is 0.340. The van der Waals surface area contributed by atoms with E-state index in [9.17, 15) is 4.79 Å². The lowest BCUT2D eigenvalue weighted by atomic mass is 10.1. The Morgan fingerprint density at radius 1 is 1.31 bits per heavy atom. The van der Waals surface area contributed by atoms with E-state index in [1.807, 2.05) is 24.3 Å². The summed E-state index contributed by atoms with van der Waals surface area (Å²) in [6, 6.07) is 7.90. The third-order valence-corrected chi connectivity index (χ3v) is 1.93. The minimum atomic E-state index is -0.497. The van der Waals surface area contributed by atoms with Crippen LogP contribution in [0.25, 0.3) is 0 Å². The van der Waals surface area contributed by atoms with Gasteiger partial charge in [-0.25, -0.2) is 0 Å². The van der Waals surface area contributed by atoms with E-state index in [1.165, 1.54) is 0 Å².